The Balaban J connectivity index is 2.64. The third-order valence-corrected chi connectivity index (χ3v) is 3.81. The summed E-state index contributed by atoms with van der Waals surface area (Å²) >= 11 is 0. The molecule has 1 rings (SSSR count). The number of rotatable bonds is 10. The van der Waals surface area contributed by atoms with Crippen LogP contribution in [0.3, 0.4) is 0 Å². The summed E-state index contributed by atoms with van der Waals surface area (Å²) in [4.78, 5) is 11.7. The Kier molecular flexibility index (Phi) is 8.05. The first-order chi connectivity index (χ1) is 11.3. The Morgan fingerprint density at radius 1 is 1.21 bits per heavy atom. The van der Waals surface area contributed by atoms with E-state index in [9.17, 15) is 4.79 Å². The lowest BCUT2D eigenvalue weighted by Crippen LogP contribution is -2.36. The van der Waals surface area contributed by atoms with Gasteiger partial charge in [0.2, 0.25) is 0 Å². The van der Waals surface area contributed by atoms with Crippen molar-refractivity contribution in [1.29, 1.82) is 0 Å². The molecule has 5 heteroatoms. The van der Waals surface area contributed by atoms with Crippen molar-refractivity contribution in [3.8, 4) is 11.5 Å². The zero-order valence-electron chi connectivity index (χ0n) is 15.8. The third kappa shape index (κ3) is 6.40. The number of hydrogen-bond donors (Lipinski definition) is 1. The van der Waals surface area contributed by atoms with E-state index < -0.39 is 5.41 Å². The predicted molar refractivity (Wildman–Crippen MR) is 95.4 cm³/mol. The molecular weight excluding hydrogens is 306 g/mol. The Bertz CT molecular complexity index is 526. The first-order valence-corrected chi connectivity index (χ1v) is 8.39. The summed E-state index contributed by atoms with van der Waals surface area (Å²) in [7, 11) is 3.05. The van der Waals surface area contributed by atoms with Crippen LogP contribution in [0, 0.1) is 11.3 Å². The van der Waals surface area contributed by atoms with Gasteiger partial charge in [-0.05, 0) is 43.9 Å². The molecular formula is C19H31NO4. The third-order valence-electron chi connectivity index (χ3n) is 3.81. The van der Waals surface area contributed by atoms with Crippen molar-refractivity contribution in [2.24, 2.45) is 11.3 Å². The van der Waals surface area contributed by atoms with Crippen molar-refractivity contribution in [3.63, 3.8) is 0 Å². The van der Waals surface area contributed by atoms with Crippen molar-refractivity contribution in [3.05, 3.63) is 23.8 Å². The highest BCUT2D eigenvalue weighted by Gasteiger charge is 2.27. The standard InChI is InChI=1S/C19H31NO4/c1-14(2)9-10-24-17-11-15(7-8-16(17)22-5)12-20-13-19(3,4)18(21)23-6/h7-8,11,14,20H,9-10,12-13H2,1-6H3. The van der Waals surface area contributed by atoms with E-state index in [1.807, 2.05) is 32.0 Å². The molecule has 0 spiro atoms. The SMILES string of the molecule is COC(=O)C(C)(C)CNCc1ccc(OC)c(OCCC(C)C)c1. The molecule has 0 aliphatic rings. The van der Waals surface area contributed by atoms with Gasteiger partial charge in [0.15, 0.2) is 11.5 Å². The molecule has 5 nitrogen and oxygen atoms in total. The Morgan fingerprint density at radius 2 is 1.92 bits per heavy atom. The summed E-state index contributed by atoms with van der Waals surface area (Å²) in [6.45, 7) is 9.91. The summed E-state index contributed by atoms with van der Waals surface area (Å²) in [5.74, 6) is 1.87. The van der Waals surface area contributed by atoms with Crippen LogP contribution in [0.4, 0.5) is 0 Å². The van der Waals surface area contributed by atoms with Gasteiger partial charge in [-0.2, -0.15) is 0 Å². The lowest BCUT2D eigenvalue weighted by molar-refractivity contribution is -0.150. The first kappa shape index (κ1) is 20.3. The molecule has 0 aromatic heterocycles. The summed E-state index contributed by atoms with van der Waals surface area (Å²) in [6.07, 6.45) is 0.999. The number of methoxy groups -OCH3 is 2. The molecule has 1 aromatic rings. The summed E-state index contributed by atoms with van der Waals surface area (Å²) in [6, 6.07) is 5.89. The zero-order chi connectivity index (χ0) is 18.2. The maximum Gasteiger partial charge on any atom is 0.312 e. The normalized spacial score (nSPS) is 11.5. The van der Waals surface area contributed by atoms with E-state index >= 15 is 0 Å². The van der Waals surface area contributed by atoms with Crippen LogP contribution >= 0.6 is 0 Å². The van der Waals surface area contributed by atoms with Crippen molar-refractivity contribution in [1.82, 2.24) is 5.32 Å². The maximum atomic E-state index is 11.7. The van der Waals surface area contributed by atoms with Crippen LogP contribution in [0.1, 0.15) is 39.7 Å². The minimum Gasteiger partial charge on any atom is -0.493 e. The van der Waals surface area contributed by atoms with Crippen LogP contribution in [-0.2, 0) is 16.1 Å². The number of hydrogen-bond acceptors (Lipinski definition) is 5. The van der Waals surface area contributed by atoms with Gasteiger partial charge in [-0.25, -0.2) is 0 Å². The fraction of sp³-hybridized carbons (Fsp3) is 0.632. The number of nitrogens with one attached hydrogen (secondary N) is 1. The first-order valence-electron chi connectivity index (χ1n) is 8.39. The average Bonchev–Trinajstić information content (AvgIpc) is 2.53. The molecule has 0 aliphatic carbocycles. The van der Waals surface area contributed by atoms with E-state index in [1.54, 1.807) is 7.11 Å². The van der Waals surface area contributed by atoms with Gasteiger partial charge in [0, 0.05) is 13.1 Å². The molecule has 0 aliphatic heterocycles. The lowest BCUT2D eigenvalue weighted by atomic mass is 9.93. The molecule has 0 bridgehead atoms. The summed E-state index contributed by atoms with van der Waals surface area (Å²) < 4.78 is 16.0. The molecule has 0 amide bonds. The van der Waals surface area contributed by atoms with E-state index in [-0.39, 0.29) is 5.97 Å². The van der Waals surface area contributed by atoms with Crippen LogP contribution in [0.25, 0.3) is 0 Å². The van der Waals surface area contributed by atoms with Gasteiger partial charge in [-0.15, -0.1) is 0 Å². The minimum absolute atomic E-state index is 0.220. The van der Waals surface area contributed by atoms with E-state index in [0.29, 0.717) is 25.6 Å². The molecule has 0 radical (unpaired) electrons. The molecule has 0 atom stereocenters. The fourth-order valence-electron chi connectivity index (χ4n) is 2.22. The van der Waals surface area contributed by atoms with Crippen LogP contribution < -0.4 is 14.8 Å². The number of carbonyl (C=O) groups is 1. The van der Waals surface area contributed by atoms with Gasteiger partial charge < -0.3 is 19.5 Å². The van der Waals surface area contributed by atoms with Crippen LogP contribution in [-0.4, -0.2) is 33.3 Å². The van der Waals surface area contributed by atoms with E-state index in [0.717, 1.165) is 23.5 Å². The predicted octanol–water partition coefficient (Wildman–Crippen LogP) is 3.41. The molecule has 24 heavy (non-hydrogen) atoms. The Morgan fingerprint density at radius 3 is 2.50 bits per heavy atom. The summed E-state index contributed by atoms with van der Waals surface area (Å²) in [5.41, 5.74) is 0.522. The van der Waals surface area contributed by atoms with Gasteiger partial charge in [0.05, 0.1) is 26.2 Å². The maximum absolute atomic E-state index is 11.7. The minimum atomic E-state index is -0.558. The second-order valence-corrected chi connectivity index (χ2v) is 7.00. The Hall–Kier alpha value is -1.75. The lowest BCUT2D eigenvalue weighted by Gasteiger charge is -2.22. The highest BCUT2D eigenvalue weighted by atomic mass is 16.5. The van der Waals surface area contributed by atoms with Crippen molar-refractivity contribution >= 4 is 5.97 Å². The molecule has 0 heterocycles. The van der Waals surface area contributed by atoms with Gasteiger partial charge in [-0.1, -0.05) is 19.9 Å². The number of ether oxygens (including phenoxy) is 3. The van der Waals surface area contributed by atoms with Gasteiger partial charge in [0.25, 0.3) is 0 Å². The van der Waals surface area contributed by atoms with Crippen molar-refractivity contribution < 1.29 is 19.0 Å². The average molecular weight is 337 g/mol. The monoisotopic (exact) mass is 337 g/mol. The van der Waals surface area contributed by atoms with Gasteiger partial charge >= 0.3 is 5.97 Å². The van der Waals surface area contributed by atoms with E-state index in [2.05, 4.69) is 19.2 Å². The number of benzene rings is 1. The van der Waals surface area contributed by atoms with Crippen molar-refractivity contribution in [2.75, 3.05) is 27.4 Å². The number of carbonyl (C=O) groups excluding carboxylic acids is 1. The zero-order valence-corrected chi connectivity index (χ0v) is 15.8. The molecule has 1 N–H and O–H groups in total. The highest BCUT2D eigenvalue weighted by Crippen LogP contribution is 2.28. The Labute approximate surface area is 145 Å². The quantitative estimate of drug-likeness (QED) is 0.663. The largest absolute Gasteiger partial charge is 0.493 e. The molecule has 0 unspecified atom stereocenters. The molecule has 0 saturated heterocycles. The highest BCUT2D eigenvalue weighted by molar-refractivity contribution is 5.76. The van der Waals surface area contributed by atoms with E-state index in [4.69, 9.17) is 14.2 Å². The van der Waals surface area contributed by atoms with Gasteiger partial charge in [0.1, 0.15) is 0 Å². The van der Waals surface area contributed by atoms with Crippen molar-refractivity contribution in [2.45, 2.75) is 40.7 Å². The van der Waals surface area contributed by atoms with Crippen LogP contribution in [0.2, 0.25) is 0 Å². The molecule has 1 aromatic carbocycles. The van der Waals surface area contributed by atoms with E-state index in [1.165, 1.54) is 7.11 Å². The molecule has 136 valence electrons. The topological polar surface area (TPSA) is 56.8 Å². The van der Waals surface area contributed by atoms with Crippen LogP contribution in [0.15, 0.2) is 18.2 Å². The molecule has 0 saturated carbocycles. The summed E-state index contributed by atoms with van der Waals surface area (Å²) in [5, 5.41) is 3.30. The molecule has 0 fully saturated rings. The van der Waals surface area contributed by atoms with Gasteiger partial charge in [-0.3, -0.25) is 4.79 Å². The second-order valence-electron chi connectivity index (χ2n) is 7.00. The fourth-order valence-corrected chi connectivity index (χ4v) is 2.22. The smallest absolute Gasteiger partial charge is 0.312 e. The van der Waals surface area contributed by atoms with Crippen LogP contribution in [0.5, 0.6) is 11.5 Å². The number of esters is 1. The second kappa shape index (κ2) is 9.52.